The number of rotatable bonds is 0. The summed E-state index contributed by atoms with van der Waals surface area (Å²) >= 11 is 7.80. The van der Waals surface area contributed by atoms with E-state index < -0.39 is 0 Å². The number of aromatic nitrogens is 2. The zero-order valence-electron chi connectivity index (χ0n) is 7.53. The van der Waals surface area contributed by atoms with Gasteiger partial charge in [0.05, 0.1) is 11.0 Å². The molecule has 2 aromatic rings. The van der Waals surface area contributed by atoms with Crippen molar-refractivity contribution in [2.75, 3.05) is 5.75 Å². The maximum atomic E-state index is 5.97. The first kappa shape index (κ1) is 8.62. The molecule has 14 heavy (non-hydrogen) atoms. The molecule has 0 radical (unpaired) electrons. The van der Waals surface area contributed by atoms with Crippen LogP contribution in [0.15, 0.2) is 23.4 Å². The van der Waals surface area contributed by atoms with Crippen molar-refractivity contribution in [1.29, 1.82) is 0 Å². The highest BCUT2D eigenvalue weighted by molar-refractivity contribution is 7.99. The van der Waals surface area contributed by atoms with Crippen LogP contribution in [0.2, 0.25) is 5.02 Å². The first-order chi connectivity index (χ1) is 6.84. The molecule has 72 valence electrons. The molecule has 0 saturated heterocycles. The van der Waals surface area contributed by atoms with E-state index in [1.54, 1.807) is 0 Å². The van der Waals surface area contributed by atoms with Crippen molar-refractivity contribution in [2.45, 2.75) is 18.1 Å². The third-order valence-electron chi connectivity index (χ3n) is 2.43. The van der Waals surface area contributed by atoms with E-state index in [9.17, 15) is 0 Å². The predicted octanol–water partition coefficient (Wildman–Crippen LogP) is 3.19. The topological polar surface area (TPSA) is 17.8 Å². The molecule has 0 fully saturated rings. The van der Waals surface area contributed by atoms with Crippen LogP contribution in [-0.4, -0.2) is 15.3 Å². The van der Waals surface area contributed by atoms with Crippen molar-refractivity contribution in [3.63, 3.8) is 0 Å². The molecule has 0 atom stereocenters. The molecule has 1 aromatic carbocycles. The van der Waals surface area contributed by atoms with Crippen LogP contribution in [0.4, 0.5) is 0 Å². The van der Waals surface area contributed by atoms with Gasteiger partial charge in [0.1, 0.15) is 0 Å². The van der Waals surface area contributed by atoms with Gasteiger partial charge in [-0.25, -0.2) is 4.98 Å². The molecule has 1 aliphatic rings. The van der Waals surface area contributed by atoms with E-state index in [1.165, 1.54) is 17.7 Å². The maximum Gasteiger partial charge on any atom is 0.169 e. The molecule has 4 heteroatoms. The van der Waals surface area contributed by atoms with Gasteiger partial charge in [0.25, 0.3) is 0 Å². The van der Waals surface area contributed by atoms with Crippen LogP contribution >= 0.6 is 23.4 Å². The Morgan fingerprint density at radius 3 is 3.29 bits per heavy atom. The fourth-order valence-electron chi connectivity index (χ4n) is 1.79. The summed E-state index contributed by atoms with van der Waals surface area (Å²) in [6.45, 7) is 1.07. The van der Waals surface area contributed by atoms with Gasteiger partial charge in [0.15, 0.2) is 5.16 Å². The number of imidazole rings is 1. The first-order valence-electron chi connectivity index (χ1n) is 4.63. The molecule has 2 heterocycles. The van der Waals surface area contributed by atoms with E-state index in [1.807, 2.05) is 30.0 Å². The summed E-state index contributed by atoms with van der Waals surface area (Å²) in [7, 11) is 0. The second kappa shape index (κ2) is 3.17. The molecular weight excluding hydrogens is 216 g/mol. The van der Waals surface area contributed by atoms with Gasteiger partial charge in [-0.15, -0.1) is 0 Å². The Kier molecular flexibility index (Phi) is 1.96. The Labute approximate surface area is 91.3 Å². The number of thioether (sulfide) groups is 1. The lowest BCUT2D eigenvalue weighted by atomic mass is 10.3. The molecule has 1 aliphatic heterocycles. The zero-order chi connectivity index (χ0) is 9.54. The van der Waals surface area contributed by atoms with Gasteiger partial charge in [0, 0.05) is 17.3 Å². The molecule has 0 unspecified atom stereocenters. The molecule has 0 aliphatic carbocycles. The van der Waals surface area contributed by atoms with Crippen molar-refractivity contribution in [3.05, 3.63) is 23.2 Å². The van der Waals surface area contributed by atoms with Crippen LogP contribution in [0.3, 0.4) is 0 Å². The number of aryl methyl sites for hydroxylation is 1. The lowest BCUT2D eigenvalue weighted by Gasteiger charge is -2.13. The van der Waals surface area contributed by atoms with Gasteiger partial charge < -0.3 is 4.57 Å². The van der Waals surface area contributed by atoms with Gasteiger partial charge in [-0.1, -0.05) is 23.4 Å². The summed E-state index contributed by atoms with van der Waals surface area (Å²) in [5.74, 6) is 1.18. The standard InChI is InChI=1S/C10H9ClN2S/c11-7-2-3-8-9(6-7)13-4-1-5-14-10(13)12-8/h2-3,6H,1,4-5H2. The summed E-state index contributed by atoms with van der Waals surface area (Å²) in [4.78, 5) is 4.56. The molecule has 0 saturated carbocycles. The van der Waals surface area contributed by atoms with Crippen molar-refractivity contribution >= 4 is 34.4 Å². The van der Waals surface area contributed by atoms with E-state index in [4.69, 9.17) is 11.6 Å². The largest absolute Gasteiger partial charge is 0.319 e. The Morgan fingerprint density at radius 1 is 1.43 bits per heavy atom. The van der Waals surface area contributed by atoms with Crippen molar-refractivity contribution in [3.8, 4) is 0 Å². The van der Waals surface area contributed by atoms with E-state index in [2.05, 4.69) is 9.55 Å². The smallest absolute Gasteiger partial charge is 0.169 e. The zero-order valence-corrected chi connectivity index (χ0v) is 9.11. The average Bonchev–Trinajstić information content (AvgIpc) is 2.56. The van der Waals surface area contributed by atoms with Gasteiger partial charge in [-0.2, -0.15) is 0 Å². The van der Waals surface area contributed by atoms with Gasteiger partial charge in [-0.05, 0) is 24.6 Å². The lowest BCUT2D eigenvalue weighted by Crippen LogP contribution is -2.06. The number of hydrogen-bond acceptors (Lipinski definition) is 2. The Morgan fingerprint density at radius 2 is 2.36 bits per heavy atom. The van der Waals surface area contributed by atoms with E-state index in [0.29, 0.717) is 0 Å². The molecule has 3 rings (SSSR count). The van der Waals surface area contributed by atoms with Crippen LogP contribution in [-0.2, 0) is 6.54 Å². The number of fused-ring (bicyclic) bond motifs is 3. The van der Waals surface area contributed by atoms with Gasteiger partial charge in [-0.3, -0.25) is 0 Å². The molecule has 0 bridgehead atoms. The quantitative estimate of drug-likeness (QED) is 0.684. The lowest BCUT2D eigenvalue weighted by molar-refractivity contribution is 0.624. The predicted molar refractivity (Wildman–Crippen MR) is 60.1 cm³/mol. The van der Waals surface area contributed by atoms with E-state index in [-0.39, 0.29) is 0 Å². The molecule has 0 N–H and O–H groups in total. The minimum absolute atomic E-state index is 0.788. The van der Waals surface area contributed by atoms with Gasteiger partial charge >= 0.3 is 0 Å². The van der Waals surface area contributed by atoms with Crippen LogP contribution in [0.1, 0.15) is 6.42 Å². The normalized spacial score (nSPS) is 15.8. The second-order valence-electron chi connectivity index (χ2n) is 3.38. The third kappa shape index (κ3) is 1.23. The van der Waals surface area contributed by atoms with E-state index >= 15 is 0 Å². The molecule has 2 nitrogen and oxygen atoms in total. The fraction of sp³-hybridized carbons (Fsp3) is 0.300. The highest BCUT2D eigenvalue weighted by Crippen LogP contribution is 2.29. The van der Waals surface area contributed by atoms with Crippen molar-refractivity contribution in [2.24, 2.45) is 0 Å². The highest BCUT2D eigenvalue weighted by Gasteiger charge is 2.14. The van der Waals surface area contributed by atoms with E-state index in [0.717, 1.165) is 22.2 Å². The minimum atomic E-state index is 0.788. The van der Waals surface area contributed by atoms with Crippen LogP contribution in [0.5, 0.6) is 0 Å². The summed E-state index contributed by atoms with van der Waals surface area (Å²) in [6, 6.07) is 5.89. The molecule has 1 aromatic heterocycles. The van der Waals surface area contributed by atoms with Crippen LogP contribution in [0.25, 0.3) is 11.0 Å². The van der Waals surface area contributed by atoms with Crippen LogP contribution in [0, 0.1) is 0 Å². The first-order valence-corrected chi connectivity index (χ1v) is 5.99. The monoisotopic (exact) mass is 224 g/mol. The number of hydrogen-bond donors (Lipinski definition) is 0. The average molecular weight is 225 g/mol. The van der Waals surface area contributed by atoms with Crippen molar-refractivity contribution < 1.29 is 0 Å². The fourth-order valence-corrected chi connectivity index (χ4v) is 2.92. The van der Waals surface area contributed by atoms with Crippen LogP contribution < -0.4 is 0 Å². The summed E-state index contributed by atoms with van der Waals surface area (Å²) in [6.07, 6.45) is 1.22. The Balaban J connectivity index is 2.32. The summed E-state index contributed by atoms with van der Waals surface area (Å²) in [5, 5.41) is 1.92. The Bertz CT molecular complexity index is 492. The molecule has 0 spiro atoms. The number of benzene rings is 1. The summed E-state index contributed by atoms with van der Waals surface area (Å²) in [5.41, 5.74) is 2.22. The summed E-state index contributed by atoms with van der Waals surface area (Å²) < 4.78 is 2.26. The SMILES string of the molecule is Clc1ccc2nc3n(c2c1)CCCS3. The molecule has 0 amide bonds. The second-order valence-corrected chi connectivity index (χ2v) is 4.88. The number of halogens is 1. The third-order valence-corrected chi connectivity index (χ3v) is 3.73. The maximum absolute atomic E-state index is 5.97. The highest BCUT2D eigenvalue weighted by atomic mass is 35.5. The van der Waals surface area contributed by atoms with Crippen molar-refractivity contribution in [1.82, 2.24) is 9.55 Å². The Hall–Kier alpha value is -0.670. The van der Waals surface area contributed by atoms with Gasteiger partial charge in [0.2, 0.25) is 0 Å². The number of nitrogens with zero attached hydrogens (tertiary/aromatic N) is 2. The minimum Gasteiger partial charge on any atom is -0.319 e. The molecular formula is C10H9ClN2S.